The van der Waals surface area contributed by atoms with Crippen molar-refractivity contribution in [2.24, 2.45) is 39.2 Å². The molecule has 1 saturated carbocycles. The summed E-state index contributed by atoms with van der Waals surface area (Å²) < 4.78 is 5.73. The van der Waals surface area contributed by atoms with Gasteiger partial charge in [0.2, 0.25) is 0 Å². The molecule has 0 aromatic carbocycles. The normalized spacial score (nSPS) is 30.6. The molecule has 2 aliphatic rings. The molecule has 0 saturated heterocycles. The quantitative estimate of drug-likeness (QED) is 0.297. The molecular weight excluding hydrogens is 476 g/mol. The molecule has 0 spiro atoms. The van der Waals surface area contributed by atoms with Crippen molar-refractivity contribution in [2.75, 3.05) is 0 Å². The van der Waals surface area contributed by atoms with Gasteiger partial charge in [0.05, 0.1) is 5.57 Å². The van der Waals surface area contributed by atoms with Gasteiger partial charge in [-0.15, -0.1) is 0 Å². The number of hydrogen-bond acceptors (Lipinski definition) is 5. The predicted octanol–water partition coefficient (Wildman–Crippen LogP) is 7.47. The number of nitrogens with zero attached hydrogens (tertiary/aromatic N) is 1. The minimum Gasteiger partial charge on any atom is -0.443 e. The first kappa shape index (κ1) is 31.8. The Morgan fingerprint density at radius 2 is 1.74 bits per heavy atom. The van der Waals surface area contributed by atoms with E-state index in [0.717, 1.165) is 37.7 Å². The van der Waals surface area contributed by atoms with Crippen LogP contribution in [0.15, 0.2) is 23.3 Å². The van der Waals surface area contributed by atoms with Crippen LogP contribution in [0.2, 0.25) is 0 Å². The average molecular weight is 527 g/mol. The van der Waals surface area contributed by atoms with E-state index in [-0.39, 0.29) is 45.2 Å². The lowest BCUT2D eigenvalue weighted by atomic mass is 9.44. The number of rotatable bonds is 10. The number of Topliss-reactive ketones (excluding diaryl/α,β-unsaturated/α-hetero) is 1. The lowest BCUT2D eigenvalue weighted by Gasteiger charge is -2.59. The van der Waals surface area contributed by atoms with E-state index in [1.807, 2.05) is 19.9 Å². The summed E-state index contributed by atoms with van der Waals surface area (Å²) in [5, 5.41) is 9.74. The van der Waals surface area contributed by atoms with E-state index in [4.69, 9.17) is 10.5 Å². The van der Waals surface area contributed by atoms with Crippen LogP contribution in [0.25, 0.3) is 0 Å². The third-order valence-electron chi connectivity index (χ3n) is 10.5. The first-order valence-electron chi connectivity index (χ1n) is 14.2. The van der Waals surface area contributed by atoms with Crippen LogP contribution in [0.4, 0.5) is 4.79 Å². The molecule has 6 heteroatoms. The van der Waals surface area contributed by atoms with Gasteiger partial charge in [-0.25, -0.2) is 4.79 Å². The van der Waals surface area contributed by atoms with Crippen molar-refractivity contribution in [3.8, 4) is 6.07 Å². The molecule has 1 fully saturated rings. The highest BCUT2D eigenvalue weighted by Gasteiger charge is 2.58. The molecule has 0 unspecified atom stereocenters. The highest BCUT2D eigenvalue weighted by molar-refractivity contribution is 6.02. The molecule has 2 aliphatic carbocycles. The molecule has 0 heterocycles. The fourth-order valence-electron chi connectivity index (χ4n) is 6.84. The lowest BCUT2D eigenvalue weighted by Crippen LogP contribution is -2.53. The number of primary amides is 1. The Morgan fingerprint density at radius 1 is 1.16 bits per heavy atom. The fraction of sp³-hybridized carbons (Fsp3) is 0.750. The lowest BCUT2D eigenvalue weighted by molar-refractivity contribution is -0.123. The molecule has 38 heavy (non-hydrogen) atoms. The fourth-order valence-corrected chi connectivity index (χ4v) is 6.84. The number of carbonyl (C=O) groups is 3. The molecule has 0 aromatic rings. The molecule has 0 aromatic heterocycles. The molecule has 2 N–H and O–H groups in total. The molecular formula is C32H50N2O4. The van der Waals surface area contributed by atoms with Gasteiger partial charge in [-0.2, -0.15) is 5.26 Å². The zero-order valence-corrected chi connectivity index (χ0v) is 25.4. The highest BCUT2D eigenvalue weighted by Crippen LogP contribution is 2.65. The van der Waals surface area contributed by atoms with E-state index in [1.54, 1.807) is 13.0 Å². The third-order valence-corrected chi connectivity index (χ3v) is 10.5. The number of nitriles is 1. The maximum atomic E-state index is 12.9. The maximum absolute atomic E-state index is 12.9. The average Bonchev–Trinajstić information content (AvgIpc) is 2.81. The monoisotopic (exact) mass is 526 g/mol. The summed E-state index contributed by atoms with van der Waals surface area (Å²) in [6.45, 7) is 20.8. The van der Waals surface area contributed by atoms with Crippen LogP contribution in [-0.4, -0.2) is 23.3 Å². The van der Waals surface area contributed by atoms with Gasteiger partial charge in [-0.3, -0.25) is 9.59 Å². The van der Waals surface area contributed by atoms with Crippen LogP contribution in [0.5, 0.6) is 0 Å². The third kappa shape index (κ3) is 6.24. The molecule has 6 nitrogen and oxygen atoms in total. The van der Waals surface area contributed by atoms with E-state index in [1.165, 1.54) is 0 Å². The number of hydrogen-bond donors (Lipinski definition) is 1. The van der Waals surface area contributed by atoms with Crippen molar-refractivity contribution >= 4 is 17.7 Å². The second-order valence-corrected chi connectivity index (χ2v) is 14.0. The topological polar surface area (TPSA) is 110 Å². The number of nitrogens with two attached hydrogens (primary N) is 1. The molecule has 1 amide bonds. The molecule has 5 atom stereocenters. The van der Waals surface area contributed by atoms with E-state index >= 15 is 0 Å². The van der Waals surface area contributed by atoms with Crippen LogP contribution in [0.3, 0.4) is 0 Å². The second kappa shape index (κ2) is 11.0. The summed E-state index contributed by atoms with van der Waals surface area (Å²) in [5.74, 6) is -0.392. The number of amides is 1. The Hall–Kier alpha value is -2.42. The van der Waals surface area contributed by atoms with E-state index in [0.29, 0.717) is 12.8 Å². The second-order valence-electron chi connectivity index (χ2n) is 14.0. The van der Waals surface area contributed by atoms with Gasteiger partial charge in [0.1, 0.15) is 11.7 Å². The maximum Gasteiger partial charge on any atom is 0.405 e. The first-order chi connectivity index (χ1) is 17.3. The smallest absolute Gasteiger partial charge is 0.405 e. The highest BCUT2D eigenvalue weighted by atomic mass is 16.6. The van der Waals surface area contributed by atoms with Crippen LogP contribution >= 0.6 is 0 Å². The summed E-state index contributed by atoms with van der Waals surface area (Å²) in [5.41, 5.74) is 4.89. The van der Waals surface area contributed by atoms with Gasteiger partial charge in [0.25, 0.3) is 0 Å². The Labute approximate surface area is 230 Å². The van der Waals surface area contributed by atoms with Crippen molar-refractivity contribution in [1.82, 2.24) is 0 Å². The number of carbonyl (C=O) groups excluding carboxylic acids is 3. The number of fused-ring (bicyclic) bond motifs is 1. The first-order valence-corrected chi connectivity index (χ1v) is 14.2. The molecule has 2 rings (SSSR count). The number of ketones is 2. The minimum atomic E-state index is -0.758. The number of ether oxygens (including phenoxy) is 1. The molecule has 212 valence electrons. The van der Waals surface area contributed by atoms with Gasteiger partial charge < -0.3 is 10.5 Å². The molecule has 0 radical (unpaired) electrons. The Morgan fingerprint density at radius 3 is 2.24 bits per heavy atom. The van der Waals surface area contributed by atoms with Crippen molar-refractivity contribution in [2.45, 2.75) is 120 Å². The van der Waals surface area contributed by atoms with Crippen molar-refractivity contribution in [3.63, 3.8) is 0 Å². The number of allylic oxidation sites excluding steroid dienone is 4. The molecule has 0 bridgehead atoms. The van der Waals surface area contributed by atoms with Crippen LogP contribution in [0, 0.1) is 44.8 Å². The zero-order valence-electron chi connectivity index (χ0n) is 25.4. The largest absolute Gasteiger partial charge is 0.443 e. The van der Waals surface area contributed by atoms with Gasteiger partial charge >= 0.3 is 6.09 Å². The van der Waals surface area contributed by atoms with Gasteiger partial charge in [-0.05, 0) is 80.6 Å². The summed E-state index contributed by atoms with van der Waals surface area (Å²) in [7, 11) is 0. The van der Waals surface area contributed by atoms with Crippen molar-refractivity contribution in [3.05, 3.63) is 23.3 Å². The van der Waals surface area contributed by atoms with Gasteiger partial charge in [0.15, 0.2) is 11.6 Å². The molecule has 0 aliphatic heterocycles. The van der Waals surface area contributed by atoms with Crippen LogP contribution in [0.1, 0.15) is 114 Å². The van der Waals surface area contributed by atoms with Gasteiger partial charge in [0, 0.05) is 11.3 Å². The van der Waals surface area contributed by atoms with Crippen LogP contribution in [-0.2, 0) is 14.3 Å². The van der Waals surface area contributed by atoms with E-state index < -0.39 is 17.1 Å². The Balaban J connectivity index is 2.51. The van der Waals surface area contributed by atoms with Crippen molar-refractivity contribution < 1.29 is 19.1 Å². The van der Waals surface area contributed by atoms with E-state index in [9.17, 15) is 19.6 Å². The standard InChI is InChI=1S/C32H50N2O4/c1-11-28(4,5)14-16-30(8,38-27(34)37)17-15-29(6,7)32(10)13-12-24-22(3)26(36)23(20-33)19-31(24,9)25(32)18-21(2)35/h18-19,22,24H,11-17H2,1-10H3,(H2,34,37)/b25-18-/t22-,24-,30-,31-,32+/m0/s1. The Kier molecular flexibility index (Phi) is 9.19. The summed E-state index contributed by atoms with van der Waals surface area (Å²) in [4.78, 5) is 37.3. The van der Waals surface area contributed by atoms with Crippen LogP contribution < -0.4 is 5.73 Å². The minimum absolute atomic E-state index is 0.0290. The SMILES string of the molecule is CCC(C)(C)CC[C@@](C)(CCC(C)(C)[C@]1(C)CC[C@H]2[C@H](C)C(=O)C(C#N)=C[C@]2(C)/C1=C/C(C)=O)OC(N)=O. The summed E-state index contributed by atoms with van der Waals surface area (Å²) in [6, 6.07) is 2.12. The predicted molar refractivity (Wildman–Crippen MR) is 151 cm³/mol. The summed E-state index contributed by atoms with van der Waals surface area (Å²) in [6.07, 6.45) is 8.52. The van der Waals surface area contributed by atoms with Crippen molar-refractivity contribution in [1.29, 1.82) is 5.26 Å². The summed E-state index contributed by atoms with van der Waals surface area (Å²) >= 11 is 0. The Bertz CT molecular complexity index is 1060. The zero-order chi connectivity index (χ0) is 29.3. The van der Waals surface area contributed by atoms with E-state index in [2.05, 4.69) is 54.5 Å². The van der Waals surface area contributed by atoms with Gasteiger partial charge in [-0.1, -0.05) is 73.5 Å².